The van der Waals surface area contributed by atoms with Gasteiger partial charge in [-0.3, -0.25) is 14.5 Å². The van der Waals surface area contributed by atoms with Gasteiger partial charge in [0, 0.05) is 31.2 Å². The average Bonchev–Trinajstić information content (AvgIpc) is 2.85. The smallest absolute Gasteiger partial charge is 0.294 e. The van der Waals surface area contributed by atoms with E-state index < -0.39 is 17.2 Å². The summed E-state index contributed by atoms with van der Waals surface area (Å²) >= 11 is 0. The van der Waals surface area contributed by atoms with Crippen molar-refractivity contribution < 1.29 is 19.0 Å². The summed E-state index contributed by atoms with van der Waals surface area (Å²) in [5.41, 5.74) is 1.20. The van der Waals surface area contributed by atoms with Crippen LogP contribution in [0.3, 0.4) is 0 Å². The maximum absolute atomic E-state index is 13.0. The molecule has 0 bridgehead atoms. The van der Waals surface area contributed by atoms with Crippen LogP contribution in [0.2, 0.25) is 0 Å². The van der Waals surface area contributed by atoms with Crippen molar-refractivity contribution in [1.29, 1.82) is 0 Å². The number of aromatic nitrogens is 2. The minimum absolute atomic E-state index is 0.0937. The van der Waals surface area contributed by atoms with Crippen molar-refractivity contribution in [3.8, 4) is 17.1 Å². The van der Waals surface area contributed by atoms with Gasteiger partial charge in [-0.05, 0) is 30.2 Å². The standard InChI is InChI=1S/C24H25FN4O4/c1-15(29-10-12-33-13-11-29)17-4-6-18(7-5-17)22-27-20(21(30)24(32)28-22)23(31)26-14-16-2-8-19(25)9-3-16/h2-9,15,30H,10-14H2,1H3,(H,26,31)(H,27,28,32). The van der Waals surface area contributed by atoms with E-state index in [0.717, 1.165) is 18.7 Å². The number of H-pyrrole nitrogens is 1. The summed E-state index contributed by atoms with van der Waals surface area (Å²) in [6, 6.07) is 13.4. The Balaban J connectivity index is 1.51. The van der Waals surface area contributed by atoms with Crippen molar-refractivity contribution in [1.82, 2.24) is 20.2 Å². The predicted octanol–water partition coefficient (Wildman–Crippen LogP) is 2.60. The van der Waals surface area contributed by atoms with Gasteiger partial charge in [0.05, 0.1) is 13.2 Å². The molecule has 2 heterocycles. The first-order valence-electron chi connectivity index (χ1n) is 10.7. The van der Waals surface area contributed by atoms with Crippen molar-refractivity contribution in [2.75, 3.05) is 26.3 Å². The predicted molar refractivity (Wildman–Crippen MR) is 120 cm³/mol. The Kier molecular flexibility index (Phi) is 6.81. The second-order valence-corrected chi connectivity index (χ2v) is 7.87. The number of rotatable bonds is 6. The Morgan fingerprint density at radius 2 is 1.85 bits per heavy atom. The summed E-state index contributed by atoms with van der Waals surface area (Å²) < 4.78 is 18.5. The van der Waals surface area contributed by atoms with E-state index in [4.69, 9.17) is 4.74 Å². The fourth-order valence-corrected chi connectivity index (χ4v) is 3.73. The highest BCUT2D eigenvalue weighted by Gasteiger charge is 2.20. The monoisotopic (exact) mass is 452 g/mol. The molecule has 1 aliphatic rings. The maximum atomic E-state index is 13.0. The number of morpholine rings is 1. The van der Waals surface area contributed by atoms with E-state index in [9.17, 15) is 19.1 Å². The van der Waals surface area contributed by atoms with Crippen LogP contribution in [0.15, 0.2) is 53.3 Å². The van der Waals surface area contributed by atoms with Gasteiger partial charge in [0.1, 0.15) is 11.6 Å². The van der Waals surface area contributed by atoms with Crippen molar-refractivity contribution >= 4 is 5.91 Å². The van der Waals surface area contributed by atoms with E-state index in [2.05, 4.69) is 27.1 Å². The SMILES string of the molecule is CC(c1ccc(-c2nc(C(=O)NCc3ccc(F)cc3)c(O)c(=O)[nH]2)cc1)N1CCOCC1. The van der Waals surface area contributed by atoms with Gasteiger partial charge >= 0.3 is 0 Å². The van der Waals surface area contributed by atoms with Crippen molar-refractivity contribution in [2.45, 2.75) is 19.5 Å². The molecule has 9 heteroatoms. The first kappa shape index (κ1) is 22.6. The molecular weight excluding hydrogens is 427 g/mol. The van der Waals surface area contributed by atoms with Gasteiger partial charge in [0.25, 0.3) is 11.5 Å². The number of nitrogens with one attached hydrogen (secondary N) is 2. The highest BCUT2D eigenvalue weighted by molar-refractivity contribution is 5.95. The molecule has 8 nitrogen and oxygen atoms in total. The van der Waals surface area contributed by atoms with Crippen LogP contribution in [0.25, 0.3) is 11.4 Å². The van der Waals surface area contributed by atoms with Crippen LogP contribution in [0.4, 0.5) is 4.39 Å². The first-order chi connectivity index (χ1) is 15.9. The molecule has 0 aliphatic carbocycles. The van der Waals surface area contributed by atoms with Gasteiger partial charge < -0.3 is 20.1 Å². The Morgan fingerprint density at radius 1 is 1.18 bits per heavy atom. The molecule has 4 rings (SSSR count). The van der Waals surface area contributed by atoms with Crippen molar-refractivity contribution in [2.24, 2.45) is 0 Å². The summed E-state index contributed by atoms with van der Waals surface area (Å²) in [7, 11) is 0. The molecule has 1 saturated heterocycles. The van der Waals surface area contributed by atoms with Gasteiger partial charge in [0.2, 0.25) is 5.75 Å². The Hall–Kier alpha value is -3.56. The van der Waals surface area contributed by atoms with Crippen LogP contribution in [-0.2, 0) is 11.3 Å². The van der Waals surface area contributed by atoms with Crippen molar-refractivity contribution in [3.63, 3.8) is 0 Å². The largest absolute Gasteiger partial charge is 0.501 e. The van der Waals surface area contributed by atoms with Crippen LogP contribution >= 0.6 is 0 Å². The molecule has 1 unspecified atom stereocenters. The number of aromatic hydroxyl groups is 1. The lowest BCUT2D eigenvalue weighted by Gasteiger charge is -2.32. The number of benzene rings is 2. The number of nitrogens with zero attached hydrogens (tertiary/aromatic N) is 2. The van der Waals surface area contributed by atoms with Gasteiger partial charge in [-0.15, -0.1) is 0 Å². The van der Waals surface area contributed by atoms with E-state index in [1.807, 2.05) is 24.3 Å². The maximum Gasteiger partial charge on any atom is 0.294 e. The molecule has 33 heavy (non-hydrogen) atoms. The summed E-state index contributed by atoms with van der Waals surface area (Å²) in [5, 5.41) is 12.7. The number of ether oxygens (including phenoxy) is 1. The zero-order valence-corrected chi connectivity index (χ0v) is 18.2. The lowest BCUT2D eigenvalue weighted by Crippen LogP contribution is -2.37. The normalized spacial score (nSPS) is 15.2. The average molecular weight is 452 g/mol. The second-order valence-electron chi connectivity index (χ2n) is 7.87. The van der Waals surface area contributed by atoms with E-state index in [-0.39, 0.29) is 29.9 Å². The molecule has 1 atom stereocenters. The number of halogens is 1. The number of hydrogen-bond acceptors (Lipinski definition) is 6. The fraction of sp³-hybridized carbons (Fsp3) is 0.292. The van der Waals surface area contributed by atoms with Crippen LogP contribution in [0, 0.1) is 5.82 Å². The molecule has 0 saturated carbocycles. The van der Waals surface area contributed by atoms with Crippen LogP contribution in [0.1, 0.15) is 34.6 Å². The highest BCUT2D eigenvalue weighted by Crippen LogP contribution is 2.24. The molecule has 1 aromatic heterocycles. The topological polar surface area (TPSA) is 108 Å². The Bertz CT molecular complexity index is 1170. The third-order valence-electron chi connectivity index (χ3n) is 5.74. The molecule has 1 amide bonds. The molecule has 2 aromatic carbocycles. The van der Waals surface area contributed by atoms with Gasteiger partial charge in [-0.1, -0.05) is 36.4 Å². The number of carbonyl (C=O) groups excluding carboxylic acids is 1. The highest BCUT2D eigenvalue weighted by atomic mass is 19.1. The third-order valence-corrected chi connectivity index (χ3v) is 5.74. The molecule has 0 radical (unpaired) electrons. The molecule has 1 aliphatic heterocycles. The Labute approximate surface area is 190 Å². The second kappa shape index (κ2) is 9.93. The molecule has 172 valence electrons. The molecule has 3 N–H and O–H groups in total. The molecule has 3 aromatic rings. The fourth-order valence-electron chi connectivity index (χ4n) is 3.73. The van der Waals surface area contributed by atoms with Crippen LogP contribution < -0.4 is 10.9 Å². The Morgan fingerprint density at radius 3 is 2.52 bits per heavy atom. The molecule has 0 spiro atoms. The van der Waals surface area contributed by atoms with E-state index in [0.29, 0.717) is 24.3 Å². The number of aromatic amines is 1. The van der Waals surface area contributed by atoms with Gasteiger partial charge in [-0.25, -0.2) is 9.37 Å². The summed E-state index contributed by atoms with van der Waals surface area (Å²) in [6.07, 6.45) is 0. The zero-order chi connectivity index (χ0) is 23.4. The summed E-state index contributed by atoms with van der Waals surface area (Å²) in [6.45, 7) is 5.39. The van der Waals surface area contributed by atoms with Crippen LogP contribution in [0.5, 0.6) is 5.75 Å². The van der Waals surface area contributed by atoms with E-state index >= 15 is 0 Å². The number of amides is 1. The minimum atomic E-state index is -0.808. The third kappa shape index (κ3) is 5.27. The number of hydrogen-bond donors (Lipinski definition) is 3. The lowest BCUT2D eigenvalue weighted by atomic mass is 10.0. The number of carbonyl (C=O) groups is 1. The van der Waals surface area contributed by atoms with Gasteiger partial charge in [-0.2, -0.15) is 0 Å². The van der Waals surface area contributed by atoms with E-state index in [1.54, 1.807) is 0 Å². The van der Waals surface area contributed by atoms with Crippen molar-refractivity contribution in [3.05, 3.63) is 81.5 Å². The zero-order valence-electron chi connectivity index (χ0n) is 18.2. The summed E-state index contributed by atoms with van der Waals surface area (Å²) in [5.74, 6) is -1.67. The minimum Gasteiger partial charge on any atom is -0.501 e. The first-order valence-corrected chi connectivity index (χ1v) is 10.7. The molecular formula is C24H25FN4O4. The van der Waals surface area contributed by atoms with Gasteiger partial charge in [0.15, 0.2) is 5.69 Å². The molecule has 1 fully saturated rings. The lowest BCUT2D eigenvalue weighted by molar-refractivity contribution is 0.0198. The quantitative estimate of drug-likeness (QED) is 0.531. The van der Waals surface area contributed by atoms with Crippen LogP contribution in [-0.4, -0.2) is 52.2 Å². The van der Waals surface area contributed by atoms with E-state index in [1.165, 1.54) is 24.3 Å². The summed E-state index contributed by atoms with van der Waals surface area (Å²) in [4.78, 5) is 33.9.